The van der Waals surface area contributed by atoms with E-state index in [1.807, 2.05) is 47.4 Å². The second kappa shape index (κ2) is 8.66. The summed E-state index contributed by atoms with van der Waals surface area (Å²) in [5.74, 6) is 2.39. The van der Waals surface area contributed by atoms with Gasteiger partial charge in [0.1, 0.15) is 5.75 Å². The van der Waals surface area contributed by atoms with Crippen molar-refractivity contribution in [3.05, 3.63) is 48.0 Å². The van der Waals surface area contributed by atoms with E-state index in [9.17, 15) is 4.79 Å². The fourth-order valence-corrected chi connectivity index (χ4v) is 3.27. The lowest BCUT2D eigenvalue weighted by molar-refractivity contribution is -0.130. The maximum absolute atomic E-state index is 12.6. The minimum absolute atomic E-state index is 0.159. The molecule has 1 heterocycles. The smallest absolute Gasteiger partial charge is 0.227 e. The molecule has 2 aromatic carbocycles. The summed E-state index contributed by atoms with van der Waals surface area (Å²) in [4.78, 5) is 16.8. The quantitative estimate of drug-likeness (QED) is 0.782. The minimum Gasteiger partial charge on any atom is -0.497 e. The lowest BCUT2D eigenvalue weighted by Crippen LogP contribution is -2.49. The molecule has 1 saturated heterocycles. The number of ether oxygens (including phenoxy) is 3. The van der Waals surface area contributed by atoms with Gasteiger partial charge in [-0.05, 0) is 29.8 Å². The van der Waals surface area contributed by atoms with Crippen LogP contribution in [0.5, 0.6) is 17.2 Å². The van der Waals surface area contributed by atoms with Crippen molar-refractivity contribution in [1.82, 2.24) is 4.90 Å². The second-order valence-corrected chi connectivity index (χ2v) is 6.43. The third kappa shape index (κ3) is 4.45. The highest BCUT2D eigenvalue weighted by atomic mass is 16.5. The predicted molar refractivity (Wildman–Crippen MR) is 105 cm³/mol. The second-order valence-electron chi connectivity index (χ2n) is 6.43. The van der Waals surface area contributed by atoms with E-state index in [2.05, 4.69) is 4.90 Å². The van der Waals surface area contributed by atoms with E-state index in [1.165, 1.54) is 0 Å². The monoisotopic (exact) mass is 370 g/mol. The molecule has 1 aliphatic rings. The number of anilines is 1. The van der Waals surface area contributed by atoms with Crippen molar-refractivity contribution in [2.45, 2.75) is 6.42 Å². The molecule has 0 saturated carbocycles. The molecule has 2 aromatic rings. The van der Waals surface area contributed by atoms with Crippen LogP contribution >= 0.6 is 0 Å². The Morgan fingerprint density at radius 3 is 2.11 bits per heavy atom. The van der Waals surface area contributed by atoms with E-state index >= 15 is 0 Å². The summed E-state index contributed by atoms with van der Waals surface area (Å²) < 4.78 is 15.8. The van der Waals surface area contributed by atoms with Crippen molar-refractivity contribution in [3.8, 4) is 17.2 Å². The van der Waals surface area contributed by atoms with Crippen LogP contribution in [0.3, 0.4) is 0 Å². The average Bonchev–Trinajstić information content (AvgIpc) is 2.73. The number of amides is 1. The minimum atomic E-state index is 0.159. The van der Waals surface area contributed by atoms with Gasteiger partial charge in [0.2, 0.25) is 5.91 Å². The summed E-state index contributed by atoms with van der Waals surface area (Å²) >= 11 is 0. The Labute approximate surface area is 160 Å². The van der Waals surface area contributed by atoms with Gasteiger partial charge in [-0.15, -0.1) is 0 Å². The number of benzene rings is 2. The van der Waals surface area contributed by atoms with Gasteiger partial charge in [-0.3, -0.25) is 4.79 Å². The fraction of sp³-hybridized carbons (Fsp3) is 0.381. The lowest BCUT2D eigenvalue weighted by atomic mass is 10.1. The summed E-state index contributed by atoms with van der Waals surface area (Å²) in [6.45, 7) is 3.01. The number of rotatable bonds is 6. The zero-order valence-corrected chi connectivity index (χ0v) is 16.1. The third-order valence-corrected chi connectivity index (χ3v) is 4.88. The van der Waals surface area contributed by atoms with Crippen LogP contribution in [0.25, 0.3) is 0 Å². The van der Waals surface area contributed by atoms with Crippen LogP contribution in [0.4, 0.5) is 5.69 Å². The molecule has 6 nitrogen and oxygen atoms in total. The molecule has 1 amide bonds. The molecule has 1 fully saturated rings. The SMILES string of the molecule is COc1ccc(CC(=O)N2CCN(c3ccc(OC)c(OC)c3)CC2)cc1. The normalized spacial score (nSPS) is 14.0. The van der Waals surface area contributed by atoms with Crippen molar-refractivity contribution in [3.63, 3.8) is 0 Å². The molecule has 0 unspecified atom stereocenters. The largest absolute Gasteiger partial charge is 0.497 e. The Bertz CT molecular complexity index is 768. The number of nitrogens with zero attached hydrogens (tertiary/aromatic N) is 2. The van der Waals surface area contributed by atoms with Crippen molar-refractivity contribution in [2.24, 2.45) is 0 Å². The van der Waals surface area contributed by atoms with Gasteiger partial charge >= 0.3 is 0 Å². The van der Waals surface area contributed by atoms with Crippen LogP contribution in [0.1, 0.15) is 5.56 Å². The summed E-state index contributed by atoms with van der Waals surface area (Å²) in [5, 5.41) is 0. The molecule has 27 heavy (non-hydrogen) atoms. The van der Waals surface area contributed by atoms with E-state index in [-0.39, 0.29) is 5.91 Å². The Hall–Kier alpha value is -2.89. The molecular formula is C21H26N2O4. The molecule has 144 valence electrons. The molecule has 0 radical (unpaired) electrons. The molecule has 0 spiro atoms. The molecule has 0 N–H and O–H groups in total. The molecule has 3 rings (SSSR count). The number of hydrogen-bond acceptors (Lipinski definition) is 5. The van der Waals surface area contributed by atoms with Crippen LogP contribution in [0.2, 0.25) is 0 Å². The van der Waals surface area contributed by atoms with Crippen molar-refractivity contribution >= 4 is 11.6 Å². The van der Waals surface area contributed by atoms with Gasteiger partial charge in [-0.1, -0.05) is 12.1 Å². The number of hydrogen-bond donors (Lipinski definition) is 0. The zero-order chi connectivity index (χ0) is 19.2. The zero-order valence-electron chi connectivity index (χ0n) is 16.1. The van der Waals surface area contributed by atoms with Gasteiger partial charge in [0.25, 0.3) is 0 Å². The maximum Gasteiger partial charge on any atom is 0.227 e. The Morgan fingerprint density at radius 2 is 1.52 bits per heavy atom. The summed E-state index contributed by atoms with van der Waals surface area (Å²) in [6.07, 6.45) is 0.417. The average molecular weight is 370 g/mol. The number of methoxy groups -OCH3 is 3. The van der Waals surface area contributed by atoms with E-state index < -0.39 is 0 Å². The van der Waals surface area contributed by atoms with Crippen LogP contribution in [0.15, 0.2) is 42.5 Å². The Balaban J connectivity index is 1.57. The Morgan fingerprint density at radius 1 is 0.852 bits per heavy atom. The fourth-order valence-electron chi connectivity index (χ4n) is 3.27. The van der Waals surface area contributed by atoms with Crippen LogP contribution in [-0.2, 0) is 11.2 Å². The molecule has 6 heteroatoms. The maximum atomic E-state index is 12.6. The predicted octanol–water partition coefficient (Wildman–Crippen LogP) is 2.60. The molecule has 0 atom stereocenters. The van der Waals surface area contributed by atoms with Gasteiger partial charge in [0.05, 0.1) is 27.8 Å². The molecule has 0 aliphatic carbocycles. The van der Waals surface area contributed by atoms with Gasteiger partial charge in [-0.2, -0.15) is 0 Å². The van der Waals surface area contributed by atoms with Crippen LogP contribution in [-0.4, -0.2) is 58.3 Å². The Kier molecular flexibility index (Phi) is 6.06. The van der Waals surface area contributed by atoms with E-state index in [0.717, 1.165) is 35.8 Å². The third-order valence-electron chi connectivity index (χ3n) is 4.88. The van der Waals surface area contributed by atoms with Gasteiger partial charge in [0.15, 0.2) is 11.5 Å². The molecule has 1 aliphatic heterocycles. The van der Waals surface area contributed by atoms with E-state index in [0.29, 0.717) is 25.3 Å². The van der Waals surface area contributed by atoms with Crippen LogP contribution < -0.4 is 19.1 Å². The van der Waals surface area contributed by atoms with Gasteiger partial charge < -0.3 is 24.0 Å². The summed E-state index contributed by atoms with van der Waals surface area (Å²) in [5.41, 5.74) is 2.08. The molecular weight excluding hydrogens is 344 g/mol. The topological polar surface area (TPSA) is 51.2 Å². The van der Waals surface area contributed by atoms with Crippen molar-refractivity contribution in [1.29, 1.82) is 0 Å². The van der Waals surface area contributed by atoms with Crippen molar-refractivity contribution < 1.29 is 19.0 Å². The standard InChI is InChI=1S/C21H26N2O4/c1-25-18-7-4-16(5-8-18)14-21(24)23-12-10-22(11-13-23)17-6-9-19(26-2)20(15-17)27-3/h4-9,15H,10-14H2,1-3H3. The number of carbonyl (C=O) groups is 1. The first-order valence-corrected chi connectivity index (χ1v) is 9.02. The van der Waals surface area contributed by atoms with Gasteiger partial charge in [0, 0.05) is 37.9 Å². The van der Waals surface area contributed by atoms with Crippen LogP contribution in [0, 0.1) is 0 Å². The highest BCUT2D eigenvalue weighted by molar-refractivity contribution is 5.79. The molecule has 0 bridgehead atoms. The van der Waals surface area contributed by atoms with Gasteiger partial charge in [-0.25, -0.2) is 0 Å². The highest BCUT2D eigenvalue weighted by Crippen LogP contribution is 2.31. The summed E-state index contributed by atoms with van der Waals surface area (Å²) in [7, 11) is 4.90. The molecule has 0 aromatic heterocycles. The van der Waals surface area contributed by atoms with Crippen molar-refractivity contribution in [2.75, 3.05) is 52.4 Å². The number of piperazine rings is 1. The lowest BCUT2D eigenvalue weighted by Gasteiger charge is -2.36. The van der Waals surface area contributed by atoms with E-state index in [4.69, 9.17) is 14.2 Å². The van der Waals surface area contributed by atoms with E-state index in [1.54, 1.807) is 21.3 Å². The highest BCUT2D eigenvalue weighted by Gasteiger charge is 2.22. The summed E-state index contributed by atoms with van der Waals surface area (Å²) in [6, 6.07) is 13.6. The first kappa shape index (κ1) is 18.9. The first-order valence-electron chi connectivity index (χ1n) is 9.02. The first-order chi connectivity index (χ1) is 13.1. The number of carbonyl (C=O) groups excluding carboxylic acids is 1.